The molecule has 3 nitrogen and oxygen atoms in total. The Labute approximate surface area is 93.7 Å². The number of carbonyl (C=O) groups is 1. The zero-order valence-corrected chi connectivity index (χ0v) is 8.03. The van der Waals surface area contributed by atoms with Gasteiger partial charge in [0.25, 0.3) is 0 Å². The number of phenols is 1. The molecule has 0 unspecified atom stereocenters. The van der Waals surface area contributed by atoms with Crippen molar-refractivity contribution in [3.63, 3.8) is 0 Å². The summed E-state index contributed by atoms with van der Waals surface area (Å²) < 4.78 is 0. The molecule has 0 amide bonds. The Kier molecular flexibility index (Phi) is 4.49. The Bertz CT molecular complexity index is 242. The maximum atomic E-state index is 10.2. The first kappa shape index (κ1) is 10.7. The molecule has 2 N–H and O–H groups in total. The van der Waals surface area contributed by atoms with Crippen LogP contribution < -0.4 is 0 Å². The minimum absolute atomic E-state index is 0. The molecular formula is C7H6CaO3. The second-order valence-electron chi connectivity index (χ2n) is 1.85. The Morgan fingerprint density at radius 1 is 1.18 bits per heavy atom. The number of phenolic OH excluding ortho intramolecular Hbond substituents is 1. The normalized spacial score (nSPS) is 8.36. The SMILES string of the molecule is O=C(O)c1ccc(O)cc1.[Ca]. The van der Waals surface area contributed by atoms with Crippen molar-refractivity contribution < 1.29 is 15.0 Å². The summed E-state index contributed by atoms with van der Waals surface area (Å²) in [6, 6.07) is 5.36. The van der Waals surface area contributed by atoms with Crippen molar-refractivity contribution in [1.29, 1.82) is 0 Å². The maximum absolute atomic E-state index is 10.2. The number of carboxylic acid groups (broad SMARTS) is 1. The number of aromatic carboxylic acids is 1. The first-order valence-electron chi connectivity index (χ1n) is 2.72. The van der Waals surface area contributed by atoms with Crippen LogP contribution in [0.15, 0.2) is 24.3 Å². The molecule has 0 fully saturated rings. The van der Waals surface area contributed by atoms with Gasteiger partial charge in [0, 0.05) is 37.7 Å². The van der Waals surface area contributed by atoms with E-state index < -0.39 is 5.97 Å². The topological polar surface area (TPSA) is 57.5 Å². The van der Waals surface area contributed by atoms with Crippen LogP contribution in [0, 0.1) is 0 Å². The van der Waals surface area contributed by atoms with E-state index in [4.69, 9.17) is 10.2 Å². The molecule has 54 valence electrons. The summed E-state index contributed by atoms with van der Waals surface area (Å²) in [5, 5.41) is 17.1. The van der Waals surface area contributed by atoms with Gasteiger partial charge in [-0.05, 0) is 24.3 Å². The van der Waals surface area contributed by atoms with Gasteiger partial charge < -0.3 is 10.2 Å². The third kappa shape index (κ3) is 3.10. The molecule has 1 rings (SSSR count). The number of hydrogen-bond donors (Lipinski definition) is 2. The maximum Gasteiger partial charge on any atom is 0.335 e. The van der Waals surface area contributed by atoms with Crippen LogP contribution in [0.3, 0.4) is 0 Å². The summed E-state index contributed by atoms with van der Waals surface area (Å²) in [6.07, 6.45) is 0. The zero-order chi connectivity index (χ0) is 7.56. The van der Waals surface area contributed by atoms with E-state index in [9.17, 15) is 4.79 Å². The van der Waals surface area contributed by atoms with Gasteiger partial charge in [0.05, 0.1) is 5.56 Å². The van der Waals surface area contributed by atoms with Crippen molar-refractivity contribution >= 4 is 43.7 Å². The van der Waals surface area contributed by atoms with E-state index in [1.165, 1.54) is 24.3 Å². The second-order valence-corrected chi connectivity index (χ2v) is 1.85. The molecule has 0 aliphatic rings. The minimum atomic E-state index is -0.986. The van der Waals surface area contributed by atoms with Gasteiger partial charge >= 0.3 is 5.97 Å². The van der Waals surface area contributed by atoms with Crippen LogP contribution in [-0.2, 0) is 0 Å². The summed E-state index contributed by atoms with van der Waals surface area (Å²) in [6.45, 7) is 0. The molecule has 4 heteroatoms. The molecule has 0 aliphatic heterocycles. The number of benzene rings is 1. The van der Waals surface area contributed by atoms with Crippen LogP contribution in [0.4, 0.5) is 0 Å². The van der Waals surface area contributed by atoms with Crippen LogP contribution in [0.1, 0.15) is 10.4 Å². The predicted octanol–water partition coefficient (Wildman–Crippen LogP) is 0.710. The number of rotatable bonds is 1. The smallest absolute Gasteiger partial charge is 0.335 e. The van der Waals surface area contributed by atoms with E-state index in [1.807, 2.05) is 0 Å². The van der Waals surface area contributed by atoms with Crippen LogP contribution >= 0.6 is 0 Å². The van der Waals surface area contributed by atoms with E-state index >= 15 is 0 Å². The van der Waals surface area contributed by atoms with E-state index in [0.29, 0.717) is 0 Å². The molecule has 0 atom stereocenters. The fourth-order valence-corrected chi connectivity index (χ4v) is 0.604. The summed E-state index contributed by atoms with van der Waals surface area (Å²) >= 11 is 0. The van der Waals surface area contributed by atoms with Gasteiger partial charge in [-0.3, -0.25) is 0 Å². The Balaban J connectivity index is 0.000001000. The van der Waals surface area contributed by atoms with Gasteiger partial charge in [-0.15, -0.1) is 0 Å². The molecule has 2 radical (unpaired) electrons. The van der Waals surface area contributed by atoms with E-state index in [1.54, 1.807) is 0 Å². The predicted molar refractivity (Wildman–Crippen MR) is 40.8 cm³/mol. The number of hydrogen-bond acceptors (Lipinski definition) is 2. The molecule has 0 aromatic heterocycles. The third-order valence-corrected chi connectivity index (χ3v) is 1.11. The number of aromatic hydroxyl groups is 1. The largest absolute Gasteiger partial charge is 0.508 e. The molecule has 1 aromatic rings. The summed E-state index contributed by atoms with van der Waals surface area (Å²) in [4.78, 5) is 10.2. The van der Waals surface area contributed by atoms with Crippen LogP contribution in [0.2, 0.25) is 0 Å². The summed E-state index contributed by atoms with van der Waals surface area (Å²) in [7, 11) is 0. The van der Waals surface area contributed by atoms with Gasteiger partial charge in [-0.1, -0.05) is 0 Å². The molecule has 0 saturated heterocycles. The quantitative estimate of drug-likeness (QED) is 0.623. The Morgan fingerprint density at radius 2 is 1.64 bits per heavy atom. The molecular weight excluding hydrogens is 172 g/mol. The van der Waals surface area contributed by atoms with Crippen LogP contribution in [0.5, 0.6) is 5.75 Å². The second kappa shape index (κ2) is 4.59. The van der Waals surface area contributed by atoms with Crippen LogP contribution in [-0.4, -0.2) is 53.9 Å². The summed E-state index contributed by atoms with van der Waals surface area (Å²) in [5.74, 6) is -0.912. The first-order valence-corrected chi connectivity index (χ1v) is 2.72. The minimum Gasteiger partial charge on any atom is -0.508 e. The van der Waals surface area contributed by atoms with Gasteiger partial charge in [0.15, 0.2) is 0 Å². The van der Waals surface area contributed by atoms with Gasteiger partial charge in [0.2, 0.25) is 0 Å². The van der Waals surface area contributed by atoms with Crippen molar-refractivity contribution in [1.82, 2.24) is 0 Å². The molecule has 11 heavy (non-hydrogen) atoms. The first-order chi connectivity index (χ1) is 4.70. The summed E-state index contributed by atoms with van der Waals surface area (Å²) in [5.41, 5.74) is 0.179. The van der Waals surface area contributed by atoms with Crippen molar-refractivity contribution in [2.75, 3.05) is 0 Å². The molecule has 0 bridgehead atoms. The monoisotopic (exact) mass is 178 g/mol. The van der Waals surface area contributed by atoms with E-state index in [2.05, 4.69) is 0 Å². The molecule has 0 heterocycles. The molecule has 1 aromatic carbocycles. The Morgan fingerprint density at radius 3 is 2.00 bits per heavy atom. The fraction of sp³-hybridized carbons (Fsp3) is 0. The molecule has 0 aliphatic carbocycles. The zero-order valence-electron chi connectivity index (χ0n) is 5.82. The average Bonchev–Trinajstić information content (AvgIpc) is 1.88. The standard InChI is InChI=1S/C7H6O3.Ca/c8-6-3-1-5(2-4-6)7(9)10;/h1-4,8H,(H,9,10);. The third-order valence-electron chi connectivity index (χ3n) is 1.11. The fourth-order valence-electron chi connectivity index (χ4n) is 0.604. The van der Waals surface area contributed by atoms with E-state index in [-0.39, 0.29) is 49.1 Å². The van der Waals surface area contributed by atoms with Gasteiger partial charge in [-0.2, -0.15) is 0 Å². The van der Waals surface area contributed by atoms with Gasteiger partial charge in [0.1, 0.15) is 5.75 Å². The van der Waals surface area contributed by atoms with Crippen molar-refractivity contribution in [3.05, 3.63) is 29.8 Å². The number of carboxylic acids is 1. The van der Waals surface area contributed by atoms with Crippen molar-refractivity contribution in [2.24, 2.45) is 0 Å². The van der Waals surface area contributed by atoms with Crippen molar-refractivity contribution in [2.45, 2.75) is 0 Å². The molecule has 0 saturated carbocycles. The van der Waals surface area contributed by atoms with Crippen LogP contribution in [0.25, 0.3) is 0 Å². The van der Waals surface area contributed by atoms with E-state index in [0.717, 1.165) is 0 Å². The average molecular weight is 178 g/mol. The van der Waals surface area contributed by atoms with Gasteiger partial charge in [-0.25, -0.2) is 4.79 Å². The van der Waals surface area contributed by atoms with Crippen molar-refractivity contribution in [3.8, 4) is 5.75 Å². The Hall–Kier alpha value is -0.250. The molecule has 0 spiro atoms.